The number of ether oxygens (including phenoxy) is 2. The summed E-state index contributed by atoms with van der Waals surface area (Å²) < 4.78 is 10.6. The van der Waals surface area contributed by atoms with Crippen LogP contribution in [0.2, 0.25) is 5.02 Å². The van der Waals surface area contributed by atoms with Crippen molar-refractivity contribution in [3.63, 3.8) is 0 Å². The highest BCUT2D eigenvalue weighted by Crippen LogP contribution is 2.39. The van der Waals surface area contributed by atoms with E-state index in [-0.39, 0.29) is 40.5 Å². The molecule has 1 aromatic carbocycles. The lowest BCUT2D eigenvalue weighted by Crippen LogP contribution is -2.46. The molecule has 150 valence electrons. The molecule has 1 fully saturated rings. The van der Waals surface area contributed by atoms with Crippen LogP contribution in [0.5, 0.6) is 11.5 Å². The van der Waals surface area contributed by atoms with Crippen molar-refractivity contribution < 1.29 is 19.1 Å². The number of benzene rings is 1. The summed E-state index contributed by atoms with van der Waals surface area (Å²) in [6.45, 7) is 6.32. The Morgan fingerprint density at radius 2 is 1.93 bits per heavy atom. The number of hydrogen-bond acceptors (Lipinski definition) is 4. The zero-order chi connectivity index (χ0) is 20.2. The zero-order valence-electron chi connectivity index (χ0n) is 16.4. The van der Waals surface area contributed by atoms with Gasteiger partial charge in [0.1, 0.15) is 0 Å². The van der Waals surface area contributed by atoms with Crippen molar-refractivity contribution in [2.45, 2.75) is 52.5 Å². The third kappa shape index (κ3) is 5.51. The van der Waals surface area contributed by atoms with E-state index in [4.69, 9.17) is 26.8 Å². The fraction of sp³-hybridized carbons (Fsp3) is 0.600. The summed E-state index contributed by atoms with van der Waals surface area (Å²) in [5.74, 6) is 0.0775. The van der Waals surface area contributed by atoms with Crippen LogP contribution in [0.25, 0.3) is 0 Å². The van der Waals surface area contributed by atoms with Crippen molar-refractivity contribution in [2.75, 3.05) is 13.7 Å². The molecular weight excluding hydrogens is 368 g/mol. The number of nitrogens with two attached hydrogens (primary N) is 1. The molecule has 0 aromatic heterocycles. The topological polar surface area (TPSA) is 90.7 Å². The first-order valence-electron chi connectivity index (χ1n) is 9.23. The molecule has 1 aliphatic rings. The average Bonchev–Trinajstić information content (AvgIpc) is 2.59. The molecule has 0 radical (unpaired) electrons. The van der Waals surface area contributed by atoms with Gasteiger partial charge in [0.25, 0.3) is 11.8 Å². The second kappa shape index (κ2) is 8.83. The number of amides is 2. The number of rotatable bonds is 6. The third-order valence-corrected chi connectivity index (χ3v) is 5.33. The number of carbonyl (C=O) groups is 2. The SMILES string of the molecule is COc1cc(C(=O)NC2CCCCC2C(C)(C)C)cc(Cl)c1OCC(N)=O. The molecule has 6 nitrogen and oxygen atoms in total. The van der Waals surface area contributed by atoms with Gasteiger partial charge in [0.15, 0.2) is 18.1 Å². The Balaban J connectivity index is 2.20. The standard InChI is InChI=1S/C20H29ClN2O4/c1-20(2,3)13-7-5-6-8-15(13)23-19(25)12-9-14(21)18(16(10-12)26-4)27-11-17(22)24/h9-10,13,15H,5-8,11H2,1-4H3,(H2,22,24)(H,23,25). The van der Waals surface area contributed by atoms with E-state index in [9.17, 15) is 9.59 Å². The number of halogens is 1. The maximum atomic E-state index is 12.8. The molecule has 7 heteroatoms. The second-order valence-corrected chi connectivity index (χ2v) is 8.49. The number of primary amides is 1. The Morgan fingerprint density at radius 1 is 1.26 bits per heavy atom. The summed E-state index contributed by atoms with van der Waals surface area (Å²) in [6.07, 6.45) is 4.39. The van der Waals surface area contributed by atoms with Gasteiger partial charge >= 0.3 is 0 Å². The van der Waals surface area contributed by atoms with E-state index in [0.29, 0.717) is 11.5 Å². The minimum atomic E-state index is -0.625. The number of nitrogens with one attached hydrogen (secondary N) is 1. The predicted octanol–water partition coefficient (Wildman–Crippen LogP) is 3.55. The molecule has 0 spiro atoms. The maximum Gasteiger partial charge on any atom is 0.255 e. The van der Waals surface area contributed by atoms with Gasteiger partial charge in [-0.1, -0.05) is 45.2 Å². The van der Waals surface area contributed by atoms with Gasteiger partial charge in [0, 0.05) is 11.6 Å². The predicted molar refractivity (Wildman–Crippen MR) is 105 cm³/mol. The molecule has 1 aromatic rings. The molecule has 1 saturated carbocycles. The quantitative estimate of drug-likeness (QED) is 0.769. The molecule has 0 bridgehead atoms. The van der Waals surface area contributed by atoms with Crippen LogP contribution in [0.3, 0.4) is 0 Å². The second-order valence-electron chi connectivity index (χ2n) is 8.08. The molecule has 2 unspecified atom stereocenters. The van der Waals surface area contributed by atoms with Gasteiger partial charge in [-0.05, 0) is 36.3 Å². The van der Waals surface area contributed by atoms with E-state index in [1.54, 1.807) is 6.07 Å². The lowest BCUT2D eigenvalue weighted by atomic mass is 9.69. The molecule has 1 aliphatic carbocycles. The lowest BCUT2D eigenvalue weighted by molar-refractivity contribution is -0.119. The molecule has 0 heterocycles. The smallest absolute Gasteiger partial charge is 0.255 e. The summed E-state index contributed by atoms with van der Waals surface area (Å²) in [4.78, 5) is 23.8. The van der Waals surface area contributed by atoms with Crippen molar-refractivity contribution >= 4 is 23.4 Å². The molecule has 2 amide bonds. The van der Waals surface area contributed by atoms with E-state index >= 15 is 0 Å². The van der Waals surface area contributed by atoms with E-state index in [0.717, 1.165) is 19.3 Å². The summed E-state index contributed by atoms with van der Waals surface area (Å²) in [7, 11) is 1.45. The van der Waals surface area contributed by atoms with Crippen LogP contribution < -0.4 is 20.5 Å². The first-order chi connectivity index (χ1) is 12.6. The van der Waals surface area contributed by atoms with Crippen molar-refractivity contribution in [2.24, 2.45) is 17.1 Å². The Morgan fingerprint density at radius 3 is 2.52 bits per heavy atom. The Kier molecular flexibility index (Phi) is 6.98. The van der Waals surface area contributed by atoms with Gasteiger partial charge in [-0.3, -0.25) is 9.59 Å². The highest BCUT2D eigenvalue weighted by atomic mass is 35.5. The summed E-state index contributed by atoms with van der Waals surface area (Å²) >= 11 is 6.25. The van der Waals surface area contributed by atoms with Gasteiger partial charge in [0.05, 0.1) is 12.1 Å². The van der Waals surface area contributed by atoms with Crippen molar-refractivity contribution in [1.29, 1.82) is 0 Å². The average molecular weight is 397 g/mol. The van der Waals surface area contributed by atoms with E-state index in [2.05, 4.69) is 26.1 Å². The monoisotopic (exact) mass is 396 g/mol. The van der Waals surface area contributed by atoms with Crippen LogP contribution >= 0.6 is 11.6 Å². The largest absolute Gasteiger partial charge is 0.493 e. The van der Waals surface area contributed by atoms with Crippen LogP contribution in [0.1, 0.15) is 56.8 Å². The third-order valence-electron chi connectivity index (χ3n) is 5.05. The van der Waals surface area contributed by atoms with Crippen molar-refractivity contribution in [3.05, 3.63) is 22.7 Å². The number of methoxy groups -OCH3 is 1. The highest BCUT2D eigenvalue weighted by molar-refractivity contribution is 6.32. The summed E-state index contributed by atoms with van der Waals surface area (Å²) in [6, 6.07) is 3.21. The Labute approximate surface area is 165 Å². The normalized spacial score (nSPS) is 20.0. The van der Waals surface area contributed by atoms with E-state index < -0.39 is 5.91 Å². The molecule has 0 aliphatic heterocycles. The van der Waals surface area contributed by atoms with Crippen LogP contribution in [0, 0.1) is 11.3 Å². The Hall–Kier alpha value is -1.95. The molecule has 3 N–H and O–H groups in total. The summed E-state index contributed by atoms with van der Waals surface area (Å²) in [5.41, 5.74) is 5.62. The fourth-order valence-electron chi connectivity index (χ4n) is 3.73. The minimum Gasteiger partial charge on any atom is -0.493 e. The first-order valence-corrected chi connectivity index (χ1v) is 9.60. The van der Waals surface area contributed by atoms with E-state index in [1.807, 2.05) is 0 Å². The van der Waals surface area contributed by atoms with Crippen LogP contribution in [0.15, 0.2) is 12.1 Å². The highest BCUT2D eigenvalue weighted by Gasteiger charge is 2.35. The molecule has 2 atom stereocenters. The van der Waals surface area contributed by atoms with Crippen molar-refractivity contribution in [1.82, 2.24) is 5.32 Å². The van der Waals surface area contributed by atoms with Gasteiger partial charge < -0.3 is 20.5 Å². The van der Waals surface area contributed by atoms with Crippen LogP contribution in [0.4, 0.5) is 0 Å². The number of carbonyl (C=O) groups excluding carboxylic acids is 2. The minimum absolute atomic E-state index is 0.125. The molecule has 0 saturated heterocycles. The maximum absolute atomic E-state index is 12.8. The van der Waals surface area contributed by atoms with Gasteiger partial charge in [-0.25, -0.2) is 0 Å². The summed E-state index contributed by atoms with van der Waals surface area (Å²) in [5, 5.41) is 3.36. The Bertz CT molecular complexity index is 700. The first kappa shape index (κ1) is 21.4. The molecular formula is C20H29ClN2O4. The zero-order valence-corrected chi connectivity index (χ0v) is 17.2. The van der Waals surface area contributed by atoms with E-state index in [1.165, 1.54) is 19.6 Å². The van der Waals surface area contributed by atoms with Crippen LogP contribution in [-0.4, -0.2) is 31.6 Å². The fourth-order valence-corrected chi connectivity index (χ4v) is 3.99. The lowest BCUT2D eigenvalue weighted by Gasteiger charge is -2.40. The van der Waals surface area contributed by atoms with Gasteiger partial charge in [-0.2, -0.15) is 0 Å². The van der Waals surface area contributed by atoms with Crippen LogP contribution in [-0.2, 0) is 4.79 Å². The van der Waals surface area contributed by atoms with Gasteiger partial charge in [0.2, 0.25) is 0 Å². The molecule has 27 heavy (non-hydrogen) atoms. The molecule has 2 rings (SSSR count). The number of hydrogen-bond donors (Lipinski definition) is 2. The van der Waals surface area contributed by atoms with Crippen molar-refractivity contribution in [3.8, 4) is 11.5 Å². The van der Waals surface area contributed by atoms with Gasteiger partial charge in [-0.15, -0.1) is 0 Å².